The maximum atomic E-state index is 12.2. The molecule has 0 radical (unpaired) electrons. The molecule has 4 aromatic rings. The number of carbonyl (C=O) groups is 1. The molecule has 2 aliphatic heterocycles. The molecule has 1 fully saturated rings. The van der Waals surface area contributed by atoms with E-state index in [9.17, 15) is 4.79 Å². The molecule has 0 bridgehead atoms. The number of benzene rings is 3. The van der Waals surface area contributed by atoms with Crippen molar-refractivity contribution in [2.45, 2.75) is 38.8 Å². The predicted octanol–water partition coefficient (Wildman–Crippen LogP) is 7.53. The lowest BCUT2D eigenvalue weighted by molar-refractivity contribution is -0.155. The van der Waals surface area contributed by atoms with Gasteiger partial charge in [0.1, 0.15) is 5.75 Å². The molecule has 0 spiro atoms. The Balaban J connectivity index is 1.22. The van der Waals surface area contributed by atoms with Crippen LogP contribution in [0.2, 0.25) is 10.0 Å². The molecule has 238 valence electrons. The molecule has 1 saturated heterocycles. The standard InChI is InChI=1S/C37H37Cl2N3O4/c1-4-46-37(43)24-19-42(20-24)31-12-11-21-15-22(17-32(44-2)33(21)31)25-7-5-8-27(34(25)38)28-9-6-10-29(35(28)39)30-16-23-18-40-14-13-26(23)36(41-30)45-3/h5-10,15-17,24,31,40H,4,11-14,18-20H2,1-3H3/t31-/m0/s1. The summed E-state index contributed by atoms with van der Waals surface area (Å²) >= 11 is 14.4. The molecule has 1 aromatic heterocycles. The minimum Gasteiger partial charge on any atom is -0.496 e. The first-order valence-corrected chi connectivity index (χ1v) is 16.6. The molecule has 46 heavy (non-hydrogen) atoms. The van der Waals surface area contributed by atoms with E-state index in [1.54, 1.807) is 14.2 Å². The van der Waals surface area contributed by atoms with Crippen molar-refractivity contribution < 1.29 is 19.0 Å². The normalized spacial score (nSPS) is 17.6. The molecule has 0 amide bonds. The van der Waals surface area contributed by atoms with Gasteiger partial charge in [0.15, 0.2) is 0 Å². The van der Waals surface area contributed by atoms with Crippen molar-refractivity contribution in [1.82, 2.24) is 15.2 Å². The van der Waals surface area contributed by atoms with Gasteiger partial charge in [0.2, 0.25) is 5.88 Å². The number of pyridine rings is 1. The number of fused-ring (bicyclic) bond motifs is 2. The Morgan fingerprint density at radius 3 is 2.37 bits per heavy atom. The summed E-state index contributed by atoms with van der Waals surface area (Å²) in [4.78, 5) is 19.4. The van der Waals surface area contributed by atoms with Crippen LogP contribution < -0.4 is 14.8 Å². The Bertz CT molecular complexity index is 1800. The van der Waals surface area contributed by atoms with Crippen molar-refractivity contribution in [3.63, 3.8) is 0 Å². The zero-order valence-electron chi connectivity index (χ0n) is 26.3. The number of hydrogen-bond acceptors (Lipinski definition) is 7. The number of hydrogen-bond donors (Lipinski definition) is 1. The third-order valence-corrected chi connectivity index (χ3v) is 10.4. The van der Waals surface area contributed by atoms with E-state index in [1.807, 2.05) is 43.3 Å². The largest absolute Gasteiger partial charge is 0.496 e. The number of aryl methyl sites for hydroxylation is 1. The monoisotopic (exact) mass is 657 g/mol. The average Bonchev–Trinajstić information content (AvgIpc) is 3.47. The number of nitrogens with zero attached hydrogens (tertiary/aromatic N) is 2. The van der Waals surface area contributed by atoms with Gasteiger partial charge in [0, 0.05) is 59.1 Å². The summed E-state index contributed by atoms with van der Waals surface area (Å²) in [6.07, 6.45) is 2.80. The van der Waals surface area contributed by atoms with Gasteiger partial charge < -0.3 is 19.5 Å². The van der Waals surface area contributed by atoms with Gasteiger partial charge >= 0.3 is 5.97 Å². The number of esters is 1. The zero-order valence-corrected chi connectivity index (χ0v) is 27.8. The van der Waals surface area contributed by atoms with E-state index in [0.717, 1.165) is 77.2 Å². The summed E-state index contributed by atoms with van der Waals surface area (Å²) in [6, 6.07) is 18.7. The molecule has 7 nitrogen and oxygen atoms in total. The Morgan fingerprint density at radius 2 is 1.65 bits per heavy atom. The topological polar surface area (TPSA) is 72.9 Å². The van der Waals surface area contributed by atoms with E-state index < -0.39 is 0 Å². The fourth-order valence-corrected chi connectivity index (χ4v) is 7.90. The van der Waals surface area contributed by atoms with Crippen LogP contribution in [-0.4, -0.2) is 56.3 Å². The zero-order chi connectivity index (χ0) is 31.9. The third-order valence-electron chi connectivity index (χ3n) is 9.55. The summed E-state index contributed by atoms with van der Waals surface area (Å²) in [6.45, 7) is 5.36. The van der Waals surface area contributed by atoms with Gasteiger partial charge in [0.25, 0.3) is 0 Å². The van der Waals surface area contributed by atoms with E-state index in [4.69, 9.17) is 42.4 Å². The van der Waals surface area contributed by atoms with Crippen LogP contribution in [0.25, 0.3) is 33.5 Å². The van der Waals surface area contributed by atoms with E-state index in [-0.39, 0.29) is 17.9 Å². The lowest BCUT2D eigenvalue weighted by atomic mass is 9.92. The van der Waals surface area contributed by atoms with Gasteiger partial charge in [-0.3, -0.25) is 9.69 Å². The van der Waals surface area contributed by atoms with Crippen molar-refractivity contribution >= 4 is 29.2 Å². The molecule has 1 N–H and O–H groups in total. The molecule has 1 atom stereocenters. The number of methoxy groups -OCH3 is 2. The molecular weight excluding hydrogens is 621 g/mol. The maximum Gasteiger partial charge on any atom is 0.311 e. The smallest absolute Gasteiger partial charge is 0.311 e. The van der Waals surface area contributed by atoms with E-state index in [0.29, 0.717) is 35.6 Å². The van der Waals surface area contributed by atoms with E-state index in [2.05, 4.69) is 28.4 Å². The van der Waals surface area contributed by atoms with Crippen molar-refractivity contribution in [1.29, 1.82) is 0 Å². The fourth-order valence-electron chi connectivity index (χ4n) is 7.24. The van der Waals surface area contributed by atoms with E-state index >= 15 is 0 Å². The summed E-state index contributed by atoms with van der Waals surface area (Å²) in [5, 5.41) is 4.65. The predicted molar refractivity (Wildman–Crippen MR) is 182 cm³/mol. The highest BCUT2D eigenvalue weighted by Crippen LogP contribution is 2.48. The van der Waals surface area contributed by atoms with Crippen LogP contribution >= 0.6 is 23.2 Å². The second kappa shape index (κ2) is 12.9. The summed E-state index contributed by atoms with van der Waals surface area (Å²) in [7, 11) is 3.38. The Labute approximate surface area is 279 Å². The van der Waals surface area contributed by atoms with Gasteiger partial charge in [-0.25, -0.2) is 4.98 Å². The SMILES string of the molecule is CCOC(=O)C1CN([C@H]2CCc3cc(-c4cccc(-c5cccc(-c6cc7c(c(OC)n6)CCNC7)c5Cl)c4Cl)cc(OC)c32)C1. The quantitative estimate of drug-likeness (QED) is 0.196. The van der Waals surface area contributed by atoms with Gasteiger partial charge in [-0.2, -0.15) is 0 Å². The minimum atomic E-state index is -0.101. The number of ether oxygens (including phenoxy) is 3. The van der Waals surface area contributed by atoms with Crippen LogP contribution in [0.5, 0.6) is 11.6 Å². The third kappa shape index (κ3) is 5.43. The first-order valence-electron chi connectivity index (χ1n) is 15.9. The maximum absolute atomic E-state index is 12.2. The highest BCUT2D eigenvalue weighted by Gasteiger charge is 2.41. The van der Waals surface area contributed by atoms with Crippen LogP contribution in [-0.2, 0) is 28.9 Å². The summed E-state index contributed by atoms with van der Waals surface area (Å²) in [5.74, 6) is 1.34. The molecular formula is C37H37Cl2N3O4. The second-order valence-corrected chi connectivity index (χ2v) is 12.9. The first-order chi connectivity index (χ1) is 22.4. The van der Waals surface area contributed by atoms with Crippen LogP contribution in [0.15, 0.2) is 54.6 Å². The highest BCUT2D eigenvalue weighted by atomic mass is 35.5. The number of nitrogens with one attached hydrogen (secondary N) is 1. The first kappa shape index (κ1) is 31.0. The van der Waals surface area contributed by atoms with Crippen LogP contribution in [0.4, 0.5) is 0 Å². The van der Waals surface area contributed by atoms with Gasteiger partial charge in [-0.05, 0) is 61.6 Å². The average molecular weight is 659 g/mol. The number of halogens is 2. The Morgan fingerprint density at radius 1 is 0.935 bits per heavy atom. The van der Waals surface area contributed by atoms with Crippen LogP contribution in [0.3, 0.4) is 0 Å². The number of aromatic nitrogens is 1. The molecule has 7 rings (SSSR count). The highest BCUT2D eigenvalue weighted by molar-refractivity contribution is 6.39. The van der Waals surface area contributed by atoms with Gasteiger partial charge in [-0.1, -0.05) is 65.7 Å². The van der Waals surface area contributed by atoms with Crippen LogP contribution in [0, 0.1) is 5.92 Å². The fraction of sp³-hybridized carbons (Fsp3) is 0.351. The molecule has 3 aromatic carbocycles. The van der Waals surface area contributed by atoms with Crippen molar-refractivity contribution in [2.24, 2.45) is 5.92 Å². The van der Waals surface area contributed by atoms with Gasteiger partial charge in [0.05, 0.1) is 42.5 Å². The number of likely N-dealkylation sites (tertiary alicyclic amines) is 1. The lowest BCUT2D eigenvalue weighted by Crippen LogP contribution is -2.51. The van der Waals surface area contributed by atoms with Crippen LogP contribution in [0.1, 0.15) is 41.6 Å². The van der Waals surface area contributed by atoms with Crippen molar-refractivity contribution in [3.05, 3.63) is 86.9 Å². The second-order valence-electron chi connectivity index (χ2n) is 12.1. The molecule has 3 heterocycles. The van der Waals surface area contributed by atoms with Crippen molar-refractivity contribution in [3.8, 4) is 45.1 Å². The number of rotatable bonds is 8. The minimum absolute atomic E-state index is 0.0526. The van der Waals surface area contributed by atoms with E-state index in [1.165, 1.54) is 16.7 Å². The Hall–Kier alpha value is -3.62. The molecule has 0 saturated carbocycles. The molecule has 0 unspecified atom stereocenters. The van der Waals surface area contributed by atoms with Crippen molar-refractivity contribution in [2.75, 3.05) is 40.5 Å². The molecule has 1 aliphatic carbocycles. The summed E-state index contributed by atoms with van der Waals surface area (Å²) in [5.41, 5.74) is 9.98. The number of carbonyl (C=O) groups excluding carboxylic acids is 1. The van der Waals surface area contributed by atoms with Gasteiger partial charge in [-0.15, -0.1) is 0 Å². The molecule has 9 heteroatoms. The Kier molecular flexibility index (Phi) is 8.68. The lowest BCUT2D eigenvalue weighted by Gasteiger charge is -2.42. The summed E-state index contributed by atoms with van der Waals surface area (Å²) < 4.78 is 16.9. The molecule has 3 aliphatic rings.